The van der Waals surface area contributed by atoms with E-state index in [-0.39, 0.29) is 104 Å². The molecule has 0 heterocycles. The van der Waals surface area contributed by atoms with Gasteiger partial charge in [-0.3, -0.25) is 38.4 Å². The van der Waals surface area contributed by atoms with Crippen molar-refractivity contribution in [3.05, 3.63) is 138 Å². The molecule has 1 aliphatic carbocycles. The van der Waals surface area contributed by atoms with Gasteiger partial charge < -0.3 is 37.9 Å². The highest BCUT2D eigenvalue weighted by Gasteiger charge is 2.36. The minimum absolute atomic E-state index is 0.122. The first-order chi connectivity index (χ1) is 46.4. The topological polar surface area (TPSA) is 210 Å². The van der Waals surface area contributed by atoms with Crippen molar-refractivity contribution in [2.75, 3.05) is 52.9 Å². The molecular formula is C80H112O16. The van der Waals surface area contributed by atoms with Gasteiger partial charge in [-0.15, -0.1) is 0 Å². The van der Waals surface area contributed by atoms with Crippen molar-refractivity contribution >= 4 is 47.8 Å². The molecule has 0 saturated heterocycles. The van der Waals surface area contributed by atoms with Crippen molar-refractivity contribution in [1.82, 2.24) is 0 Å². The molecule has 0 fully saturated rings. The summed E-state index contributed by atoms with van der Waals surface area (Å²) >= 11 is 0. The lowest BCUT2D eigenvalue weighted by Gasteiger charge is -2.33. The molecule has 4 aromatic rings. The van der Waals surface area contributed by atoms with Crippen LogP contribution in [0.5, 0.6) is 0 Å². The molecule has 16 nitrogen and oxygen atoms in total. The summed E-state index contributed by atoms with van der Waals surface area (Å²) in [6.45, 7) is 23.6. The highest BCUT2D eigenvalue weighted by Crippen LogP contribution is 2.48. The van der Waals surface area contributed by atoms with Crippen molar-refractivity contribution in [3.63, 3.8) is 0 Å². The summed E-state index contributed by atoms with van der Waals surface area (Å²) in [6, 6.07) is 16.5. The molecule has 0 radical (unpaired) electrons. The molecule has 528 valence electrons. The summed E-state index contributed by atoms with van der Waals surface area (Å²) in [5.74, 6) is -5.99. The van der Waals surface area contributed by atoms with Crippen LogP contribution in [0.2, 0.25) is 0 Å². The third kappa shape index (κ3) is 23.4. The second-order valence-electron chi connectivity index (χ2n) is 25.0. The van der Waals surface area contributed by atoms with Gasteiger partial charge in [0.15, 0.2) is 0 Å². The van der Waals surface area contributed by atoms with Crippen molar-refractivity contribution in [2.45, 2.75) is 261 Å². The van der Waals surface area contributed by atoms with Gasteiger partial charge >= 0.3 is 47.8 Å². The Labute approximate surface area is 572 Å². The lowest BCUT2D eigenvalue weighted by molar-refractivity contribution is -0.143. The van der Waals surface area contributed by atoms with Crippen molar-refractivity contribution in [3.8, 4) is 0 Å². The largest absolute Gasteiger partial charge is 0.466 e. The van der Waals surface area contributed by atoms with E-state index in [2.05, 4.69) is 52.0 Å². The molecule has 0 spiro atoms. The Hall–Kier alpha value is -7.36. The Bertz CT molecular complexity index is 2620. The first-order valence-corrected chi connectivity index (χ1v) is 36.3. The van der Waals surface area contributed by atoms with Crippen molar-refractivity contribution in [1.29, 1.82) is 0 Å². The number of benzene rings is 4. The Morgan fingerprint density at radius 2 is 0.354 bits per heavy atom. The van der Waals surface area contributed by atoms with Crippen LogP contribution in [-0.2, 0) is 128 Å². The van der Waals surface area contributed by atoms with Crippen LogP contribution in [0.1, 0.15) is 299 Å². The number of rotatable bonds is 40. The molecule has 0 saturated carbocycles. The minimum Gasteiger partial charge on any atom is -0.466 e. The molecule has 4 aromatic carbocycles. The zero-order chi connectivity index (χ0) is 70.1. The Balaban J connectivity index is 2.36. The van der Waals surface area contributed by atoms with Crippen LogP contribution in [0.25, 0.3) is 0 Å². The van der Waals surface area contributed by atoms with Crippen LogP contribution in [0, 0.1) is 0 Å². The molecule has 0 aromatic heterocycles. The lowest BCUT2D eigenvalue weighted by Crippen LogP contribution is -2.22. The van der Waals surface area contributed by atoms with Gasteiger partial charge in [-0.25, -0.2) is 0 Å². The third-order valence-electron chi connectivity index (χ3n) is 18.1. The first-order valence-electron chi connectivity index (χ1n) is 36.3. The van der Waals surface area contributed by atoms with Gasteiger partial charge in [0, 0.05) is 23.7 Å². The number of ether oxygens (including phenoxy) is 8. The highest BCUT2D eigenvalue weighted by atomic mass is 16.6. The monoisotopic (exact) mass is 1330 g/mol. The number of unbranched alkanes of at least 4 members (excludes halogenated alkanes) is 8. The van der Waals surface area contributed by atoms with Crippen LogP contribution in [0.4, 0.5) is 0 Å². The van der Waals surface area contributed by atoms with E-state index in [9.17, 15) is 38.4 Å². The zero-order valence-corrected chi connectivity index (χ0v) is 60.1. The molecule has 0 atom stereocenters. The summed E-state index contributed by atoms with van der Waals surface area (Å²) in [7, 11) is 0. The molecule has 1 aliphatic rings. The fourth-order valence-electron chi connectivity index (χ4n) is 14.0. The van der Waals surface area contributed by atoms with Gasteiger partial charge in [0.1, 0.15) is 0 Å². The SMILES string of the molecule is CCCCCC1c2cc(c(CC(=O)OCC)cc2CC(=O)OCC)C(CCCCC)c2cc(c(CC(=O)OCC)cc2CC(=O)OCC)C(CCCCC)c2cc(c(CC(=O)OCC)cc2CC(=O)OCC)C(CCCCC)c2cc1c(CC(=O)OCC)cc2CC(=O)OCC. The summed E-state index contributed by atoms with van der Waals surface area (Å²) < 4.78 is 46.3. The van der Waals surface area contributed by atoms with Crippen LogP contribution in [-0.4, -0.2) is 101 Å². The van der Waals surface area contributed by atoms with E-state index in [0.29, 0.717) is 70.2 Å². The Morgan fingerprint density at radius 1 is 0.219 bits per heavy atom. The standard InChI is InChI=1S/C80H112O16/c1-13-25-29-33-61-65-49-67(55(43-75(83)91-19-7)37-53(65)41-73(81)89-17-5)62(34-30-26-14-2)69-51-71(59(47-79(87)95-23-11)39-57(69)45-77(85)93-21-9)64(36-32-28-16-4)72-52-70(58(46-78(86)94-22-10)40-60(72)48-80(88)96-24-12)63(35-31-27-15-3)68-50-66(61)54(42-74(82)90-18-6)38-56(68)44-76(84)92-20-8/h37-40,49-52,61-64H,13-36,41-48H2,1-12H3. The molecule has 0 N–H and O–H groups in total. The summed E-state index contributed by atoms with van der Waals surface area (Å²) in [5, 5.41) is 0. The van der Waals surface area contributed by atoms with Gasteiger partial charge in [-0.05, 0) is 170 Å². The number of fused-ring (bicyclic) bond motifs is 8. The maximum absolute atomic E-state index is 14.4. The van der Waals surface area contributed by atoms with Crippen LogP contribution in [0.15, 0.2) is 48.5 Å². The first kappa shape index (κ1) is 79.3. The van der Waals surface area contributed by atoms with Crippen LogP contribution < -0.4 is 0 Å². The fourth-order valence-corrected chi connectivity index (χ4v) is 14.0. The molecule has 16 heteroatoms. The fraction of sp³-hybridized carbons (Fsp3) is 0.600. The predicted octanol–water partition coefficient (Wildman–Crippen LogP) is 15.7. The quantitative estimate of drug-likeness (QED) is 0.0230. The second kappa shape index (κ2) is 42.3. The van der Waals surface area contributed by atoms with E-state index in [0.717, 1.165) is 122 Å². The predicted molar refractivity (Wildman–Crippen MR) is 372 cm³/mol. The second-order valence-corrected chi connectivity index (χ2v) is 25.0. The maximum Gasteiger partial charge on any atom is 0.310 e. The molecule has 0 amide bonds. The molecular weight excluding hydrogens is 1220 g/mol. The van der Waals surface area contributed by atoms with Gasteiger partial charge in [0.05, 0.1) is 104 Å². The van der Waals surface area contributed by atoms with E-state index in [1.165, 1.54) is 0 Å². The Kier molecular flexibility index (Phi) is 35.0. The number of hydrogen-bond acceptors (Lipinski definition) is 16. The normalized spacial score (nSPS) is 14.9. The molecule has 96 heavy (non-hydrogen) atoms. The van der Waals surface area contributed by atoms with Gasteiger partial charge in [-0.1, -0.05) is 153 Å². The van der Waals surface area contributed by atoms with Gasteiger partial charge in [-0.2, -0.15) is 0 Å². The average Bonchev–Trinajstić information content (AvgIpc) is 0.753. The van der Waals surface area contributed by atoms with Crippen molar-refractivity contribution < 1.29 is 76.3 Å². The zero-order valence-electron chi connectivity index (χ0n) is 60.1. The summed E-state index contributed by atoms with van der Waals surface area (Å²) in [4.78, 5) is 115. The number of hydrogen-bond donors (Lipinski definition) is 0. The summed E-state index contributed by atoms with van der Waals surface area (Å²) in [5.41, 5.74) is 11.2. The van der Waals surface area contributed by atoms with Crippen molar-refractivity contribution in [2.24, 2.45) is 0 Å². The lowest BCUT2D eigenvalue weighted by atomic mass is 9.71. The Morgan fingerprint density at radius 3 is 0.469 bits per heavy atom. The highest BCUT2D eigenvalue weighted by molar-refractivity contribution is 5.81. The summed E-state index contributed by atoms with van der Waals surface area (Å²) in [6.07, 6.45) is 10.6. The minimum atomic E-state index is -0.553. The van der Waals surface area contributed by atoms with E-state index in [4.69, 9.17) is 37.9 Å². The average molecular weight is 1330 g/mol. The molecule has 0 unspecified atom stereocenters. The van der Waals surface area contributed by atoms with E-state index < -0.39 is 71.4 Å². The van der Waals surface area contributed by atoms with E-state index >= 15 is 0 Å². The van der Waals surface area contributed by atoms with E-state index in [1.807, 2.05) is 24.3 Å². The molecule has 8 bridgehead atoms. The number of esters is 8. The van der Waals surface area contributed by atoms with Crippen LogP contribution >= 0.6 is 0 Å². The van der Waals surface area contributed by atoms with Gasteiger partial charge in [0.25, 0.3) is 0 Å². The molecule has 5 rings (SSSR count). The van der Waals surface area contributed by atoms with E-state index in [1.54, 1.807) is 55.4 Å². The molecule has 0 aliphatic heterocycles. The number of carbonyl (C=O) groups excluding carboxylic acids is 8. The smallest absolute Gasteiger partial charge is 0.310 e. The van der Waals surface area contributed by atoms with Crippen LogP contribution in [0.3, 0.4) is 0 Å². The third-order valence-corrected chi connectivity index (χ3v) is 18.1. The maximum atomic E-state index is 14.4. The van der Waals surface area contributed by atoms with Gasteiger partial charge in [0.2, 0.25) is 0 Å². The number of carbonyl (C=O) groups is 8.